The number of rotatable bonds is 4. The Hall–Kier alpha value is -1.90. The molecule has 0 saturated carbocycles. The van der Waals surface area contributed by atoms with Gasteiger partial charge in [0.15, 0.2) is 0 Å². The van der Waals surface area contributed by atoms with E-state index in [-0.39, 0.29) is 12.1 Å². The molecule has 2 aromatic rings. The van der Waals surface area contributed by atoms with Crippen molar-refractivity contribution < 1.29 is 9.50 Å². The van der Waals surface area contributed by atoms with Crippen LogP contribution in [0.25, 0.3) is 0 Å². The fraction of sp³-hybridized carbons (Fsp3) is 0.133. The maximum absolute atomic E-state index is 13.2. The fourth-order valence-electron chi connectivity index (χ4n) is 1.77. The van der Waals surface area contributed by atoms with Crippen molar-refractivity contribution in [3.05, 3.63) is 63.9 Å². The zero-order chi connectivity index (χ0) is 14.5. The number of nitrogens with one attached hydrogen (secondary N) is 1. The molecule has 0 aliphatic carbocycles. The highest BCUT2D eigenvalue weighted by Crippen LogP contribution is 2.20. The summed E-state index contributed by atoms with van der Waals surface area (Å²) in [5.41, 5.74) is 1.35. The Labute approximate surface area is 124 Å². The van der Waals surface area contributed by atoms with Crippen molar-refractivity contribution in [2.75, 3.05) is 11.9 Å². The van der Waals surface area contributed by atoms with Crippen molar-refractivity contribution in [2.24, 2.45) is 0 Å². The summed E-state index contributed by atoms with van der Waals surface area (Å²) in [5.74, 6) is -0.550. The zero-order valence-corrected chi connectivity index (χ0v) is 12.1. The molecular formula is C15H12BrFN2O. The van der Waals surface area contributed by atoms with Gasteiger partial charge in [0.1, 0.15) is 11.9 Å². The Balaban J connectivity index is 2.04. The molecule has 102 valence electrons. The molecule has 2 rings (SSSR count). The van der Waals surface area contributed by atoms with Crippen LogP contribution < -0.4 is 5.32 Å². The van der Waals surface area contributed by atoms with Crippen LogP contribution in [-0.2, 0) is 0 Å². The Kier molecular flexibility index (Phi) is 4.72. The lowest BCUT2D eigenvalue weighted by molar-refractivity contribution is 0.191. The van der Waals surface area contributed by atoms with Gasteiger partial charge in [-0.05, 0) is 35.9 Å². The van der Waals surface area contributed by atoms with E-state index >= 15 is 0 Å². The Morgan fingerprint density at radius 3 is 2.80 bits per heavy atom. The number of aliphatic hydroxyl groups is 1. The summed E-state index contributed by atoms with van der Waals surface area (Å²) in [6.45, 7) is 0.271. The van der Waals surface area contributed by atoms with Gasteiger partial charge in [-0.2, -0.15) is 5.26 Å². The molecular weight excluding hydrogens is 323 g/mol. The first-order valence-corrected chi connectivity index (χ1v) is 6.76. The number of aliphatic hydroxyl groups excluding tert-OH is 1. The molecule has 2 aromatic carbocycles. The summed E-state index contributed by atoms with van der Waals surface area (Å²) in [4.78, 5) is 0. The van der Waals surface area contributed by atoms with Gasteiger partial charge in [-0.15, -0.1) is 0 Å². The second kappa shape index (κ2) is 6.51. The second-order valence-electron chi connectivity index (χ2n) is 4.26. The zero-order valence-electron chi connectivity index (χ0n) is 10.5. The third-order valence-electron chi connectivity index (χ3n) is 2.82. The summed E-state index contributed by atoms with van der Waals surface area (Å²) in [6.07, 6.45) is -0.692. The highest BCUT2D eigenvalue weighted by Gasteiger charge is 2.08. The minimum Gasteiger partial charge on any atom is -0.387 e. The number of hydrogen-bond donors (Lipinski definition) is 2. The smallest absolute Gasteiger partial charge is 0.141 e. The highest BCUT2D eigenvalue weighted by atomic mass is 79.9. The minimum atomic E-state index is -0.692. The van der Waals surface area contributed by atoms with Gasteiger partial charge in [0.25, 0.3) is 0 Å². The first kappa shape index (κ1) is 14.5. The van der Waals surface area contributed by atoms with Gasteiger partial charge in [-0.1, -0.05) is 28.1 Å². The van der Waals surface area contributed by atoms with E-state index < -0.39 is 11.9 Å². The Bertz CT molecular complexity index is 655. The lowest BCUT2D eigenvalue weighted by Crippen LogP contribution is -2.12. The summed E-state index contributed by atoms with van der Waals surface area (Å²) in [6, 6.07) is 13.3. The van der Waals surface area contributed by atoms with Crippen LogP contribution in [0.15, 0.2) is 46.9 Å². The van der Waals surface area contributed by atoms with E-state index in [1.165, 1.54) is 18.2 Å². The molecule has 2 N–H and O–H groups in total. The van der Waals surface area contributed by atoms with E-state index in [0.29, 0.717) is 5.69 Å². The molecule has 0 amide bonds. The lowest BCUT2D eigenvalue weighted by atomic mass is 10.1. The van der Waals surface area contributed by atoms with Crippen molar-refractivity contribution >= 4 is 21.6 Å². The molecule has 3 nitrogen and oxygen atoms in total. The summed E-state index contributed by atoms with van der Waals surface area (Å²) >= 11 is 3.34. The van der Waals surface area contributed by atoms with Crippen molar-refractivity contribution in [1.29, 1.82) is 5.26 Å². The minimum absolute atomic E-state index is 0.0213. The summed E-state index contributed by atoms with van der Waals surface area (Å²) in [7, 11) is 0. The molecule has 0 aliphatic rings. The highest BCUT2D eigenvalue weighted by molar-refractivity contribution is 9.10. The molecule has 0 radical (unpaired) electrons. The Morgan fingerprint density at radius 1 is 1.30 bits per heavy atom. The normalized spacial score (nSPS) is 11.7. The van der Waals surface area contributed by atoms with Gasteiger partial charge < -0.3 is 10.4 Å². The quantitative estimate of drug-likeness (QED) is 0.898. The predicted octanol–water partition coefficient (Wildman–Crippen LogP) is 3.61. The molecule has 0 bridgehead atoms. The third kappa shape index (κ3) is 3.56. The lowest BCUT2D eigenvalue weighted by Gasteiger charge is -2.13. The van der Waals surface area contributed by atoms with Crippen LogP contribution in [0.1, 0.15) is 17.2 Å². The number of nitrogens with zero attached hydrogens (tertiary/aromatic N) is 1. The van der Waals surface area contributed by atoms with Crippen LogP contribution in [0.2, 0.25) is 0 Å². The van der Waals surface area contributed by atoms with Gasteiger partial charge >= 0.3 is 0 Å². The van der Waals surface area contributed by atoms with E-state index in [9.17, 15) is 9.50 Å². The molecule has 0 aliphatic heterocycles. The topological polar surface area (TPSA) is 56.0 Å². The van der Waals surface area contributed by atoms with Crippen LogP contribution >= 0.6 is 15.9 Å². The van der Waals surface area contributed by atoms with Crippen LogP contribution in [-0.4, -0.2) is 11.7 Å². The van der Waals surface area contributed by atoms with E-state index in [0.717, 1.165) is 10.0 Å². The van der Waals surface area contributed by atoms with E-state index in [4.69, 9.17) is 5.26 Å². The van der Waals surface area contributed by atoms with Gasteiger partial charge in [0.2, 0.25) is 0 Å². The van der Waals surface area contributed by atoms with E-state index in [1.54, 1.807) is 6.07 Å². The average Bonchev–Trinajstić information content (AvgIpc) is 2.46. The number of benzene rings is 2. The van der Waals surface area contributed by atoms with Crippen LogP contribution in [0, 0.1) is 17.1 Å². The molecule has 1 unspecified atom stereocenters. The molecule has 5 heteroatoms. The van der Waals surface area contributed by atoms with Gasteiger partial charge in [-0.3, -0.25) is 0 Å². The monoisotopic (exact) mass is 334 g/mol. The fourth-order valence-corrected chi connectivity index (χ4v) is 2.18. The molecule has 0 fully saturated rings. The second-order valence-corrected chi connectivity index (χ2v) is 5.17. The largest absolute Gasteiger partial charge is 0.387 e. The van der Waals surface area contributed by atoms with Crippen molar-refractivity contribution in [3.8, 4) is 6.07 Å². The molecule has 1 atom stereocenters. The van der Waals surface area contributed by atoms with E-state index in [2.05, 4.69) is 21.2 Å². The average molecular weight is 335 g/mol. The molecule has 0 aromatic heterocycles. The predicted molar refractivity (Wildman–Crippen MR) is 78.7 cm³/mol. The standard InChI is InChI=1S/C15H12BrFN2O/c16-12-3-1-2-10(6-12)15(20)9-19-13-4-5-14(17)11(7-13)8-18/h1-7,15,19-20H,9H2. The third-order valence-corrected chi connectivity index (χ3v) is 3.31. The number of anilines is 1. The van der Waals surface area contributed by atoms with Crippen LogP contribution in [0.3, 0.4) is 0 Å². The molecule has 0 spiro atoms. The first-order valence-electron chi connectivity index (χ1n) is 5.97. The maximum atomic E-state index is 13.2. The van der Waals surface area contributed by atoms with Crippen LogP contribution in [0.5, 0.6) is 0 Å². The summed E-state index contributed by atoms with van der Waals surface area (Å²) < 4.78 is 14.1. The van der Waals surface area contributed by atoms with Crippen molar-refractivity contribution in [2.45, 2.75) is 6.10 Å². The first-order chi connectivity index (χ1) is 9.60. The number of halogens is 2. The SMILES string of the molecule is N#Cc1cc(NCC(O)c2cccc(Br)c2)ccc1F. The van der Waals surface area contributed by atoms with Gasteiger partial charge in [0, 0.05) is 16.7 Å². The van der Waals surface area contributed by atoms with Crippen molar-refractivity contribution in [3.63, 3.8) is 0 Å². The number of hydrogen-bond acceptors (Lipinski definition) is 3. The number of nitriles is 1. The maximum Gasteiger partial charge on any atom is 0.141 e. The van der Waals surface area contributed by atoms with E-state index in [1.807, 2.05) is 24.3 Å². The van der Waals surface area contributed by atoms with Crippen LogP contribution in [0.4, 0.5) is 10.1 Å². The van der Waals surface area contributed by atoms with Gasteiger partial charge in [-0.25, -0.2) is 4.39 Å². The van der Waals surface area contributed by atoms with Crippen molar-refractivity contribution in [1.82, 2.24) is 0 Å². The Morgan fingerprint density at radius 2 is 2.10 bits per heavy atom. The molecule has 0 saturated heterocycles. The van der Waals surface area contributed by atoms with Gasteiger partial charge in [0.05, 0.1) is 11.7 Å². The molecule has 20 heavy (non-hydrogen) atoms. The molecule has 0 heterocycles. The summed E-state index contributed by atoms with van der Waals surface area (Å²) in [5, 5.41) is 21.8.